The van der Waals surface area contributed by atoms with E-state index in [2.05, 4.69) is 21.8 Å². The van der Waals surface area contributed by atoms with Crippen molar-refractivity contribution in [2.45, 2.75) is 57.7 Å². The van der Waals surface area contributed by atoms with E-state index in [0.717, 1.165) is 18.5 Å². The van der Waals surface area contributed by atoms with Gasteiger partial charge in [0.25, 0.3) is 0 Å². The zero-order valence-electron chi connectivity index (χ0n) is 10.0. The molecule has 2 unspecified atom stereocenters. The van der Waals surface area contributed by atoms with Crippen LogP contribution in [0.1, 0.15) is 50.8 Å². The third kappa shape index (κ3) is 2.14. The highest BCUT2D eigenvalue weighted by Gasteiger charge is 2.25. The summed E-state index contributed by atoms with van der Waals surface area (Å²) < 4.78 is 2.40. The van der Waals surface area contributed by atoms with E-state index in [1.807, 2.05) is 12.5 Å². The normalized spacial score (nSPS) is 29.8. The molecule has 3 nitrogen and oxygen atoms in total. The topological polar surface area (TPSA) is 29.9 Å². The molecule has 1 N–H and O–H groups in total. The lowest BCUT2D eigenvalue weighted by Crippen LogP contribution is -2.19. The number of nitrogens with one attached hydrogen (secondary N) is 1. The second-order valence-electron chi connectivity index (χ2n) is 5.52. The summed E-state index contributed by atoms with van der Waals surface area (Å²) in [5.74, 6) is 0.886. The van der Waals surface area contributed by atoms with Gasteiger partial charge >= 0.3 is 0 Å². The first-order chi connectivity index (χ1) is 7.83. The number of hydrogen-bond acceptors (Lipinski definition) is 2. The largest absolute Gasteiger partial charge is 0.330 e. The van der Waals surface area contributed by atoms with Crippen molar-refractivity contribution in [2.75, 3.05) is 0 Å². The maximum atomic E-state index is 4.31. The number of aromatic nitrogens is 2. The van der Waals surface area contributed by atoms with E-state index < -0.39 is 0 Å². The van der Waals surface area contributed by atoms with Gasteiger partial charge in [0, 0.05) is 24.8 Å². The Morgan fingerprint density at radius 2 is 2.25 bits per heavy atom. The van der Waals surface area contributed by atoms with Crippen LogP contribution < -0.4 is 5.32 Å². The van der Waals surface area contributed by atoms with Gasteiger partial charge in [-0.3, -0.25) is 0 Å². The van der Waals surface area contributed by atoms with Gasteiger partial charge < -0.3 is 9.88 Å². The first-order valence-corrected chi connectivity index (χ1v) is 6.57. The average Bonchev–Trinajstić information content (AvgIpc) is 2.82. The fourth-order valence-electron chi connectivity index (χ4n) is 2.76. The van der Waals surface area contributed by atoms with Gasteiger partial charge in [-0.25, -0.2) is 4.98 Å². The Bertz CT molecular complexity index is 354. The van der Waals surface area contributed by atoms with Gasteiger partial charge in [0.2, 0.25) is 0 Å². The van der Waals surface area contributed by atoms with Crippen LogP contribution in [0.2, 0.25) is 0 Å². The summed E-state index contributed by atoms with van der Waals surface area (Å²) >= 11 is 0. The van der Waals surface area contributed by atoms with Gasteiger partial charge in [0.05, 0.1) is 12.0 Å². The smallest absolute Gasteiger partial charge is 0.0951 e. The Morgan fingerprint density at radius 1 is 1.38 bits per heavy atom. The van der Waals surface area contributed by atoms with Gasteiger partial charge in [-0.2, -0.15) is 0 Å². The van der Waals surface area contributed by atoms with E-state index in [9.17, 15) is 0 Å². The minimum Gasteiger partial charge on any atom is -0.330 e. The average molecular weight is 219 g/mol. The molecule has 0 amide bonds. The summed E-state index contributed by atoms with van der Waals surface area (Å²) in [6.45, 7) is 3.36. The molecule has 2 fully saturated rings. The summed E-state index contributed by atoms with van der Waals surface area (Å²) in [5, 5.41) is 3.57. The molecule has 16 heavy (non-hydrogen) atoms. The van der Waals surface area contributed by atoms with E-state index in [-0.39, 0.29) is 0 Å². The molecule has 0 spiro atoms. The summed E-state index contributed by atoms with van der Waals surface area (Å²) in [5.41, 5.74) is 1.37. The predicted octanol–water partition coefficient (Wildman–Crippen LogP) is 2.50. The van der Waals surface area contributed by atoms with Crippen molar-refractivity contribution in [3.05, 3.63) is 18.2 Å². The molecular formula is C13H21N3. The number of hydrogen-bond donors (Lipinski definition) is 1. The molecule has 1 aromatic heterocycles. The van der Waals surface area contributed by atoms with Crippen LogP contribution in [0.15, 0.2) is 12.5 Å². The molecular weight excluding hydrogens is 198 g/mol. The van der Waals surface area contributed by atoms with Crippen molar-refractivity contribution in [2.24, 2.45) is 5.92 Å². The fraction of sp³-hybridized carbons (Fsp3) is 0.769. The number of nitrogens with zero attached hydrogens (tertiary/aromatic N) is 2. The summed E-state index contributed by atoms with van der Waals surface area (Å²) in [6.07, 6.45) is 10.8. The molecule has 0 saturated heterocycles. The second kappa shape index (κ2) is 4.21. The van der Waals surface area contributed by atoms with Crippen LogP contribution in [-0.4, -0.2) is 15.6 Å². The molecule has 2 atom stereocenters. The van der Waals surface area contributed by atoms with Crippen LogP contribution in [0.3, 0.4) is 0 Å². The van der Waals surface area contributed by atoms with Gasteiger partial charge in [-0.15, -0.1) is 0 Å². The van der Waals surface area contributed by atoms with Gasteiger partial charge in [-0.05, 0) is 38.0 Å². The molecule has 1 heterocycles. The minimum atomic E-state index is 0.702. The lowest BCUT2D eigenvalue weighted by atomic mass is 10.1. The lowest BCUT2D eigenvalue weighted by molar-refractivity contribution is 0.471. The number of rotatable bonds is 4. The standard InChI is InChI=1S/C13H21N3/c1-10-2-5-12(6-10)16-9-14-7-13(16)8-15-11-3-4-11/h7,9-12,15H,2-6,8H2,1H3. The molecule has 0 aliphatic heterocycles. The quantitative estimate of drug-likeness (QED) is 0.843. The number of imidazole rings is 1. The van der Waals surface area contributed by atoms with Crippen molar-refractivity contribution in [1.29, 1.82) is 0 Å². The Kier molecular flexibility index (Phi) is 2.72. The highest BCUT2D eigenvalue weighted by Crippen LogP contribution is 2.34. The van der Waals surface area contributed by atoms with E-state index >= 15 is 0 Å². The van der Waals surface area contributed by atoms with Crippen LogP contribution in [0.4, 0.5) is 0 Å². The maximum Gasteiger partial charge on any atom is 0.0951 e. The zero-order chi connectivity index (χ0) is 11.0. The van der Waals surface area contributed by atoms with Gasteiger partial charge in [0.15, 0.2) is 0 Å². The Balaban J connectivity index is 1.66. The van der Waals surface area contributed by atoms with Crippen LogP contribution in [0.25, 0.3) is 0 Å². The molecule has 3 heteroatoms. The van der Waals surface area contributed by atoms with Crippen LogP contribution in [-0.2, 0) is 6.54 Å². The summed E-state index contributed by atoms with van der Waals surface area (Å²) in [7, 11) is 0. The lowest BCUT2D eigenvalue weighted by Gasteiger charge is -2.15. The maximum absolute atomic E-state index is 4.31. The molecule has 3 rings (SSSR count). The molecule has 0 radical (unpaired) electrons. The SMILES string of the molecule is CC1CCC(n2cncc2CNC2CC2)C1. The fourth-order valence-corrected chi connectivity index (χ4v) is 2.76. The van der Waals surface area contributed by atoms with Crippen molar-refractivity contribution in [1.82, 2.24) is 14.9 Å². The Labute approximate surface area is 97.3 Å². The minimum absolute atomic E-state index is 0.702. The van der Waals surface area contributed by atoms with E-state index in [4.69, 9.17) is 0 Å². The molecule has 0 aromatic carbocycles. The molecule has 0 bridgehead atoms. The highest BCUT2D eigenvalue weighted by molar-refractivity contribution is 5.02. The van der Waals surface area contributed by atoms with Crippen LogP contribution >= 0.6 is 0 Å². The van der Waals surface area contributed by atoms with E-state index in [0.29, 0.717) is 6.04 Å². The first-order valence-electron chi connectivity index (χ1n) is 6.57. The molecule has 88 valence electrons. The second-order valence-corrected chi connectivity index (χ2v) is 5.52. The third-order valence-electron chi connectivity index (χ3n) is 3.96. The first kappa shape index (κ1) is 10.3. The summed E-state index contributed by atoms with van der Waals surface area (Å²) in [6, 6.07) is 1.49. The molecule has 2 aliphatic carbocycles. The van der Waals surface area contributed by atoms with E-state index in [1.165, 1.54) is 37.8 Å². The Morgan fingerprint density at radius 3 is 2.94 bits per heavy atom. The van der Waals surface area contributed by atoms with Gasteiger partial charge in [-0.1, -0.05) is 6.92 Å². The monoisotopic (exact) mass is 219 g/mol. The third-order valence-corrected chi connectivity index (χ3v) is 3.96. The molecule has 2 saturated carbocycles. The summed E-state index contributed by atoms with van der Waals surface area (Å²) in [4.78, 5) is 4.31. The Hall–Kier alpha value is -0.830. The predicted molar refractivity (Wildman–Crippen MR) is 64.1 cm³/mol. The van der Waals surface area contributed by atoms with E-state index in [1.54, 1.807) is 0 Å². The molecule has 2 aliphatic rings. The molecule has 1 aromatic rings. The van der Waals surface area contributed by atoms with Crippen LogP contribution in [0, 0.1) is 5.92 Å². The van der Waals surface area contributed by atoms with Crippen molar-refractivity contribution >= 4 is 0 Å². The van der Waals surface area contributed by atoms with Crippen molar-refractivity contribution in [3.8, 4) is 0 Å². The van der Waals surface area contributed by atoms with Gasteiger partial charge in [0.1, 0.15) is 0 Å². The van der Waals surface area contributed by atoms with Crippen LogP contribution in [0.5, 0.6) is 0 Å². The highest BCUT2D eigenvalue weighted by atomic mass is 15.1. The zero-order valence-corrected chi connectivity index (χ0v) is 10.0. The van der Waals surface area contributed by atoms with Crippen molar-refractivity contribution in [3.63, 3.8) is 0 Å². The van der Waals surface area contributed by atoms with Crippen molar-refractivity contribution < 1.29 is 0 Å².